The highest BCUT2D eigenvalue weighted by Crippen LogP contribution is 2.19. The van der Waals surface area contributed by atoms with Crippen LogP contribution in [0.3, 0.4) is 0 Å². The van der Waals surface area contributed by atoms with E-state index < -0.39 is 59.5 Å². The van der Waals surface area contributed by atoms with Crippen LogP contribution in [0.15, 0.2) is 24.3 Å². The number of likely N-dealkylation sites (tertiary alicyclic amines) is 1. The van der Waals surface area contributed by atoms with Crippen LogP contribution in [0.5, 0.6) is 0 Å². The fraction of sp³-hybridized carbons (Fsp3) is 0.611. The van der Waals surface area contributed by atoms with Crippen molar-refractivity contribution >= 4 is 47.2 Å². The van der Waals surface area contributed by atoms with E-state index in [-0.39, 0.29) is 56.8 Å². The summed E-state index contributed by atoms with van der Waals surface area (Å²) in [5.74, 6) is -4.21. The summed E-state index contributed by atoms with van der Waals surface area (Å²) in [6, 6.07) is 4.02. The largest absolute Gasteiger partial charge is 0.481 e. The second-order valence-electron chi connectivity index (χ2n) is 13.4. The molecule has 6 amide bonds. The Labute approximate surface area is 304 Å². The van der Waals surface area contributed by atoms with Crippen molar-refractivity contribution in [1.29, 1.82) is 0 Å². The Hall–Kier alpha value is -4.86. The van der Waals surface area contributed by atoms with Gasteiger partial charge in [0.2, 0.25) is 35.4 Å². The predicted octanol–water partition coefficient (Wildman–Crippen LogP) is 0.324. The van der Waals surface area contributed by atoms with Crippen LogP contribution >= 0.6 is 0 Å². The molecule has 0 aliphatic carbocycles. The van der Waals surface area contributed by atoms with E-state index in [9.17, 15) is 38.4 Å². The molecule has 0 bridgehead atoms. The first kappa shape index (κ1) is 43.3. The lowest BCUT2D eigenvalue weighted by Crippen LogP contribution is -2.54. The zero-order valence-corrected chi connectivity index (χ0v) is 30.8. The van der Waals surface area contributed by atoms with E-state index in [0.29, 0.717) is 49.8 Å². The lowest BCUT2D eigenvalue weighted by molar-refractivity contribution is -0.142. The van der Waals surface area contributed by atoms with Crippen molar-refractivity contribution in [2.45, 2.75) is 90.8 Å². The zero-order valence-electron chi connectivity index (χ0n) is 30.8. The van der Waals surface area contributed by atoms with Crippen LogP contribution in [-0.4, -0.2) is 115 Å². The average molecular weight is 731 g/mol. The summed E-state index contributed by atoms with van der Waals surface area (Å²) in [6.07, 6.45) is 2.02. The fourth-order valence-corrected chi connectivity index (χ4v) is 5.62. The van der Waals surface area contributed by atoms with E-state index in [2.05, 4.69) is 26.6 Å². The van der Waals surface area contributed by atoms with Crippen molar-refractivity contribution in [1.82, 2.24) is 31.5 Å². The maximum atomic E-state index is 13.2. The van der Waals surface area contributed by atoms with E-state index in [1.165, 1.54) is 18.9 Å². The number of carboxylic acid groups (broad SMARTS) is 1. The molecule has 0 spiro atoms. The monoisotopic (exact) mass is 730 g/mol. The minimum atomic E-state index is -0.978. The van der Waals surface area contributed by atoms with Gasteiger partial charge in [0, 0.05) is 44.5 Å². The van der Waals surface area contributed by atoms with Crippen molar-refractivity contribution in [2.75, 3.05) is 39.9 Å². The first-order valence-corrected chi connectivity index (χ1v) is 17.7. The Morgan fingerprint density at radius 3 is 2.21 bits per heavy atom. The molecule has 1 aliphatic heterocycles. The molecule has 1 saturated heterocycles. The molecule has 0 radical (unpaired) electrons. The molecule has 1 unspecified atom stereocenters. The number of hydrogen-bond donors (Lipinski definition) is 6. The maximum absolute atomic E-state index is 13.2. The predicted molar refractivity (Wildman–Crippen MR) is 190 cm³/mol. The third-order valence-electron chi connectivity index (χ3n) is 8.60. The van der Waals surface area contributed by atoms with Gasteiger partial charge in [0.05, 0.1) is 13.2 Å². The molecule has 16 heteroatoms. The summed E-state index contributed by atoms with van der Waals surface area (Å²) in [7, 11) is 1.45. The number of amides is 6. The van der Waals surface area contributed by atoms with Crippen LogP contribution in [0.25, 0.3) is 0 Å². The number of aliphatic carboxylic acids is 1. The van der Waals surface area contributed by atoms with Crippen LogP contribution in [-0.2, 0) is 44.7 Å². The Bertz CT molecular complexity index is 1420. The fourth-order valence-electron chi connectivity index (χ4n) is 5.62. The van der Waals surface area contributed by atoms with Gasteiger partial charge in [-0.2, -0.15) is 0 Å². The Morgan fingerprint density at radius 1 is 0.923 bits per heavy atom. The molecule has 0 saturated carbocycles. The van der Waals surface area contributed by atoms with Gasteiger partial charge in [-0.3, -0.25) is 38.4 Å². The summed E-state index contributed by atoms with van der Waals surface area (Å²) in [4.78, 5) is 101. The molecule has 1 fully saturated rings. The highest BCUT2D eigenvalue weighted by molar-refractivity contribution is 5.95. The summed E-state index contributed by atoms with van der Waals surface area (Å²) in [5.41, 5.74) is 1.21. The first-order valence-electron chi connectivity index (χ1n) is 17.7. The molecule has 52 heavy (non-hydrogen) atoms. The molecule has 16 nitrogen and oxygen atoms in total. The number of nitrogens with zero attached hydrogens (tertiary/aromatic N) is 1. The van der Waals surface area contributed by atoms with Gasteiger partial charge in [0.15, 0.2) is 5.78 Å². The molecule has 288 valence electrons. The molecule has 4 atom stereocenters. The summed E-state index contributed by atoms with van der Waals surface area (Å²) in [6.45, 7) is 6.63. The number of carbonyl (C=O) groups is 8. The van der Waals surface area contributed by atoms with Crippen LogP contribution < -0.4 is 26.6 Å². The van der Waals surface area contributed by atoms with Crippen molar-refractivity contribution in [3.63, 3.8) is 0 Å². The van der Waals surface area contributed by atoms with Crippen LogP contribution in [0.4, 0.5) is 0 Å². The van der Waals surface area contributed by atoms with Crippen molar-refractivity contribution in [2.24, 2.45) is 11.8 Å². The normalized spacial score (nSPS) is 15.6. The smallest absolute Gasteiger partial charge is 0.303 e. The second-order valence-corrected chi connectivity index (χ2v) is 13.4. The Kier molecular flexibility index (Phi) is 18.5. The van der Waals surface area contributed by atoms with E-state index in [1.807, 2.05) is 13.8 Å². The van der Waals surface area contributed by atoms with Gasteiger partial charge >= 0.3 is 5.97 Å². The number of hydrogen-bond acceptors (Lipinski definition) is 9. The van der Waals surface area contributed by atoms with E-state index in [0.717, 1.165) is 0 Å². The molecule has 2 rings (SSSR count). The van der Waals surface area contributed by atoms with E-state index in [4.69, 9.17) is 9.84 Å². The second kappa shape index (κ2) is 22.2. The summed E-state index contributed by atoms with van der Waals surface area (Å²) < 4.78 is 5.53. The van der Waals surface area contributed by atoms with Gasteiger partial charge in [-0.15, -0.1) is 0 Å². The van der Waals surface area contributed by atoms with E-state index >= 15 is 0 Å². The van der Waals surface area contributed by atoms with Crippen molar-refractivity contribution < 1.29 is 48.2 Å². The lowest BCUT2D eigenvalue weighted by Gasteiger charge is -2.27. The molecular weight excluding hydrogens is 676 g/mol. The number of benzene rings is 1. The SMILES string of the molecule is CNC(=O)CNC(=O)[C@H](CC(C)C)NC(=O)C1CCCN1C(=O)COCCNC(=O)[C@H](Cc1ccc(C(C)=O)cc1)NC(=O)[C@H](C)CCCC(=O)O. The molecule has 1 aromatic rings. The molecule has 1 aliphatic rings. The third-order valence-corrected chi connectivity index (χ3v) is 8.60. The minimum absolute atomic E-state index is 0.0158. The third kappa shape index (κ3) is 15.2. The zero-order chi connectivity index (χ0) is 38.8. The van der Waals surface area contributed by atoms with Crippen molar-refractivity contribution in [3.8, 4) is 0 Å². The Morgan fingerprint density at radius 2 is 1.60 bits per heavy atom. The van der Waals surface area contributed by atoms with Crippen LogP contribution in [0.2, 0.25) is 0 Å². The topological polar surface area (TPSA) is 229 Å². The number of Topliss-reactive ketones (excluding diaryl/α,β-unsaturated/α-hetero) is 1. The highest BCUT2D eigenvalue weighted by atomic mass is 16.5. The van der Waals surface area contributed by atoms with Gasteiger partial charge in [-0.05, 0) is 50.5 Å². The lowest BCUT2D eigenvalue weighted by atomic mass is 10.00. The molecule has 1 heterocycles. The molecule has 0 aromatic heterocycles. The van der Waals surface area contributed by atoms with Gasteiger partial charge < -0.3 is 41.3 Å². The van der Waals surface area contributed by atoms with Crippen LogP contribution in [0.1, 0.15) is 82.1 Å². The number of rotatable bonds is 22. The number of carboxylic acids is 1. The Balaban J connectivity index is 1.94. The van der Waals surface area contributed by atoms with Gasteiger partial charge in [-0.25, -0.2) is 0 Å². The van der Waals surface area contributed by atoms with Gasteiger partial charge in [0.25, 0.3) is 0 Å². The summed E-state index contributed by atoms with van der Waals surface area (Å²) in [5, 5.41) is 22.0. The average Bonchev–Trinajstić information content (AvgIpc) is 3.60. The molecular formula is C36H54N6O10. The maximum Gasteiger partial charge on any atom is 0.303 e. The van der Waals surface area contributed by atoms with Gasteiger partial charge in [-0.1, -0.05) is 45.0 Å². The van der Waals surface area contributed by atoms with Crippen molar-refractivity contribution in [3.05, 3.63) is 35.4 Å². The standard InChI is InChI=1S/C36H54N6O10/c1-22(2)18-27(35(50)39-20-30(44)37-5)41-36(51)29-9-7-16-42(29)31(45)21-52-17-15-38-34(49)28(19-25-11-13-26(14-12-25)24(4)43)40-33(48)23(3)8-6-10-32(46)47/h11-14,22-23,27-29H,6-10,15-21H2,1-5H3,(H,37,44)(H,38,49)(H,39,50)(H,40,48)(H,41,51)(H,46,47)/t23-,27+,28+,29?/m1/s1. The van der Waals surface area contributed by atoms with Gasteiger partial charge in [0.1, 0.15) is 24.7 Å². The number of ketones is 1. The number of likely N-dealkylation sites (N-methyl/N-ethyl adjacent to an activating group) is 1. The first-order chi connectivity index (χ1) is 24.6. The van der Waals surface area contributed by atoms with E-state index in [1.54, 1.807) is 31.2 Å². The highest BCUT2D eigenvalue weighted by Gasteiger charge is 2.36. The quantitative estimate of drug-likeness (QED) is 0.0707. The van der Waals surface area contributed by atoms with Crippen LogP contribution in [0, 0.1) is 11.8 Å². The number of carbonyl (C=O) groups excluding carboxylic acids is 7. The number of ether oxygens (including phenoxy) is 1. The molecule has 6 N–H and O–H groups in total. The molecule has 1 aromatic carbocycles. The number of nitrogens with one attached hydrogen (secondary N) is 5. The summed E-state index contributed by atoms with van der Waals surface area (Å²) >= 11 is 0. The minimum Gasteiger partial charge on any atom is -0.481 e.